The Balaban J connectivity index is 1.36. The van der Waals surface area contributed by atoms with Crippen LogP contribution in [0.4, 0.5) is 5.69 Å². The number of benzene rings is 3. The summed E-state index contributed by atoms with van der Waals surface area (Å²) in [5, 5.41) is 4.20. The van der Waals surface area contributed by atoms with Gasteiger partial charge in [-0.15, -0.1) is 11.3 Å². The number of thiazole rings is 1. The van der Waals surface area contributed by atoms with E-state index in [-0.39, 0.29) is 29.4 Å². The summed E-state index contributed by atoms with van der Waals surface area (Å²) < 4.78 is 25.9. The first-order chi connectivity index (χ1) is 14.9. The van der Waals surface area contributed by atoms with Crippen LogP contribution in [0, 0.1) is 0 Å². The van der Waals surface area contributed by atoms with Gasteiger partial charge >= 0.3 is 0 Å². The SMILES string of the molecule is O=C(CCCS(=O)(=O)c1ccc(Cl)cc1)Nc1cccc(-c2nc3ccccc3s2)c1. The van der Waals surface area contributed by atoms with Gasteiger partial charge in [0, 0.05) is 22.7 Å². The molecule has 0 fully saturated rings. The zero-order valence-corrected chi connectivity index (χ0v) is 18.8. The third kappa shape index (κ3) is 5.31. The van der Waals surface area contributed by atoms with E-state index in [1.807, 2.05) is 42.5 Å². The molecule has 8 heteroatoms. The molecule has 0 radical (unpaired) electrons. The number of halogens is 1. The van der Waals surface area contributed by atoms with E-state index in [0.717, 1.165) is 20.8 Å². The van der Waals surface area contributed by atoms with Gasteiger partial charge in [-0.2, -0.15) is 0 Å². The number of carbonyl (C=O) groups is 1. The normalized spacial score (nSPS) is 11.5. The Labute approximate surface area is 189 Å². The molecule has 1 heterocycles. The van der Waals surface area contributed by atoms with Crippen LogP contribution in [0.15, 0.2) is 77.7 Å². The highest BCUT2D eigenvalue weighted by Crippen LogP contribution is 2.31. The number of fused-ring (bicyclic) bond motifs is 1. The highest BCUT2D eigenvalue weighted by molar-refractivity contribution is 7.91. The quantitative estimate of drug-likeness (QED) is 0.370. The topological polar surface area (TPSA) is 76.1 Å². The number of rotatable bonds is 7. The Bertz CT molecular complexity index is 1300. The molecule has 0 aliphatic heterocycles. The minimum atomic E-state index is -3.45. The summed E-state index contributed by atoms with van der Waals surface area (Å²) in [7, 11) is -3.45. The fraction of sp³-hybridized carbons (Fsp3) is 0.130. The molecule has 5 nitrogen and oxygen atoms in total. The van der Waals surface area contributed by atoms with Gasteiger partial charge in [0.2, 0.25) is 5.91 Å². The standard InChI is InChI=1S/C23H19ClN2O3S2/c24-17-10-12-19(13-11-17)31(28,29)14-4-9-22(27)25-18-6-3-5-16(15-18)23-26-20-7-1-2-8-21(20)30-23/h1-3,5-8,10-13,15H,4,9,14H2,(H,25,27). The van der Waals surface area contributed by atoms with Crippen molar-refractivity contribution in [1.29, 1.82) is 0 Å². The maximum atomic E-state index is 12.4. The number of carbonyl (C=O) groups excluding carboxylic acids is 1. The summed E-state index contributed by atoms with van der Waals surface area (Å²) >= 11 is 7.40. The summed E-state index contributed by atoms with van der Waals surface area (Å²) in [5.74, 6) is -0.332. The third-order valence-corrected chi connectivity index (χ3v) is 7.83. The molecular weight excluding hydrogens is 452 g/mol. The fourth-order valence-electron chi connectivity index (χ4n) is 3.13. The average molecular weight is 471 g/mol. The number of aromatic nitrogens is 1. The summed E-state index contributed by atoms with van der Waals surface area (Å²) in [6.07, 6.45) is 0.340. The lowest BCUT2D eigenvalue weighted by molar-refractivity contribution is -0.116. The van der Waals surface area contributed by atoms with E-state index >= 15 is 0 Å². The molecule has 1 amide bonds. The summed E-state index contributed by atoms with van der Waals surface area (Å²) in [4.78, 5) is 17.2. The summed E-state index contributed by atoms with van der Waals surface area (Å²) in [5.41, 5.74) is 2.52. The molecule has 1 N–H and O–H groups in total. The third-order valence-electron chi connectivity index (χ3n) is 4.68. The van der Waals surface area contributed by atoms with Gasteiger partial charge in [0.1, 0.15) is 5.01 Å². The molecule has 158 valence electrons. The van der Waals surface area contributed by atoms with Gasteiger partial charge < -0.3 is 5.32 Å². The van der Waals surface area contributed by atoms with E-state index in [0.29, 0.717) is 10.7 Å². The fourth-order valence-corrected chi connectivity index (χ4v) is 5.53. The second-order valence-corrected chi connectivity index (χ2v) is 10.6. The summed E-state index contributed by atoms with van der Waals surface area (Å²) in [6.45, 7) is 0. The first kappa shape index (κ1) is 21.5. The smallest absolute Gasteiger partial charge is 0.224 e. The summed E-state index contributed by atoms with van der Waals surface area (Å²) in [6, 6.07) is 21.5. The maximum absolute atomic E-state index is 12.4. The lowest BCUT2D eigenvalue weighted by atomic mass is 10.2. The first-order valence-electron chi connectivity index (χ1n) is 9.65. The molecule has 31 heavy (non-hydrogen) atoms. The van der Waals surface area contributed by atoms with Crippen molar-refractivity contribution in [3.63, 3.8) is 0 Å². The first-order valence-corrected chi connectivity index (χ1v) is 12.5. The molecule has 4 rings (SSSR count). The van der Waals surface area contributed by atoms with E-state index in [1.54, 1.807) is 29.5 Å². The van der Waals surface area contributed by atoms with Crippen molar-refractivity contribution in [2.45, 2.75) is 17.7 Å². The van der Waals surface area contributed by atoms with Crippen LogP contribution in [0.25, 0.3) is 20.8 Å². The number of nitrogens with zero attached hydrogens (tertiary/aromatic N) is 1. The van der Waals surface area contributed by atoms with Gasteiger partial charge in [-0.3, -0.25) is 4.79 Å². The van der Waals surface area contributed by atoms with Crippen molar-refractivity contribution in [2.75, 3.05) is 11.1 Å². The Hall–Kier alpha value is -2.74. The van der Waals surface area contributed by atoms with Crippen LogP contribution >= 0.6 is 22.9 Å². The van der Waals surface area contributed by atoms with Gasteiger partial charge in [0.25, 0.3) is 0 Å². The Morgan fingerprint density at radius 3 is 2.55 bits per heavy atom. The van der Waals surface area contributed by atoms with Crippen LogP contribution in [0.3, 0.4) is 0 Å². The van der Waals surface area contributed by atoms with E-state index in [1.165, 1.54) is 12.1 Å². The van der Waals surface area contributed by atoms with Crippen molar-refractivity contribution in [3.05, 3.63) is 77.8 Å². The van der Waals surface area contributed by atoms with E-state index < -0.39 is 9.84 Å². The molecule has 0 unspecified atom stereocenters. The highest BCUT2D eigenvalue weighted by atomic mass is 35.5. The van der Waals surface area contributed by atoms with Crippen LogP contribution in [0.1, 0.15) is 12.8 Å². The second-order valence-electron chi connectivity index (χ2n) is 6.99. The lowest BCUT2D eigenvalue weighted by Crippen LogP contribution is -2.14. The number of amides is 1. The number of hydrogen-bond donors (Lipinski definition) is 1. The van der Waals surface area contributed by atoms with E-state index in [4.69, 9.17) is 11.6 Å². The highest BCUT2D eigenvalue weighted by Gasteiger charge is 2.15. The zero-order valence-electron chi connectivity index (χ0n) is 16.4. The monoisotopic (exact) mass is 470 g/mol. The van der Waals surface area contributed by atoms with Gasteiger partial charge in [-0.05, 0) is 55.0 Å². The van der Waals surface area contributed by atoms with Crippen LogP contribution in [-0.2, 0) is 14.6 Å². The largest absolute Gasteiger partial charge is 0.326 e. The molecule has 0 spiro atoms. The molecular formula is C23H19ClN2O3S2. The van der Waals surface area contributed by atoms with Crippen LogP contribution in [-0.4, -0.2) is 25.1 Å². The molecule has 0 saturated carbocycles. The maximum Gasteiger partial charge on any atom is 0.224 e. The van der Waals surface area contributed by atoms with Crippen molar-refractivity contribution in [2.24, 2.45) is 0 Å². The molecule has 4 aromatic rings. The minimum Gasteiger partial charge on any atom is -0.326 e. The van der Waals surface area contributed by atoms with Crippen molar-refractivity contribution in [1.82, 2.24) is 4.98 Å². The van der Waals surface area contributed by atoms with Crippen molar-refractivity contribution < 1.29 is 13.2 Å². The van der Waals surface area contributed by atoms with Crippen molar-refractivity contribution in [3.8, 4) is 10.6 Å². The number of sulfone groups is 1. The van der Waals surface area contributed by atoms with Crippen molar-refractivity contribution >= 4 is 54.6 Å². The number of hydrogen-bond acceptors (Lipinski definition) is 5. The lowest BCUT2D eigenvalue weighted by Gasteiger charge is -2.07. The minimum absolute atomic E-state index is 0.103. The van der Waals surface area contributed by atoms with Crippen LogP contribution in [0.2, 0.25) is 5.02 Å². The molecule has 1 aromatic heterocycles. The Kier molecular flexibility index (Phi) is 6.36. The molecule has 0 aliphatic carbocycles. The number of nitrogens with one attached hydrogen (secondary N) is 1. The predicted octanol–water partition coefficient (Wildman–Crippen LogP) is 5.81. The second kappa shape index (κ2) is 9.18. The average Bonchev–Trinajstić information content (AvgIpc) is 3.18. The molecule has 0 aliphatic rings. The van der Waals surface area contributed by atoms with Gasteiger partial charge in [0.05, 0.1) is 20.9 Å². The zero-order chi connectivity index (χ0) is 21.8. The number of anilines is 1. The van der Waals surface area contributed by atoms with Crippen LogP contribution in [0.5, 0.6) is 0 Å². The molecule has 0 atom stereocenters. The number of para-hydroxylation sites is 1. The van der Waals surface area contributed by atoms with Gasteiger partial charge in [-0.25, -0.2) is 13.4 Å². The molecule has 0 saturated heterocycles. The van der Waals surface area contributed by atoms with E-state index in [2.05, 4.69) is 10.3 Å². The van der Waals surface area contributed by atoms with Crippen LogP contribution < -0.4 is 5.32 Å². The Morgan fingerprint density at radius 1 is 1.00 bits per heavy atom. The molecule has 0 bridgehead atoms. The predicted molar refractivity (Wildman–Crippen MR) is 126 cm³/mol. The molecule has 3 aromatic carbocycles. The Morgan fingerprint density at radius 2 is 1.77 bits per heavy atom. The van der Waals surface area contributed by atoms with Gasteiger partial charge in [-0.1, -0.05) is 35.9 Å². The van der Waals surface area contributed by atoms with E-state index in [9.17, 15) is 13.2 Å². The van der Waals surface area contributed by atoms with Gasteiger partial charge in [0.15, 0.2) is 9.84 Å².